The Bertz CT molecular complexity index is 2380. The van der Waals surface area contributed by atoms with Crippen LogP contribution >= 0.6 is 0 Å². The largest absolute Gasteiger partial charge is 0.461 e. The molecule has 1 aliphatic carbocycles. The number of hydrogen-bond donors (Lipinski definition) is 3. The van der Waals surface area contributed by atoms with Gasteiger partial charge in [-0.2, -0.15) is 0 Å². The minimum absolute atomic E-state index is 0.00375. The summed E-state index contributed by atoms with van der Waals surface area (Å²) in [7, 11) is 6.32. The van der Waals surface area contributed by atoms with Gasteiger partial charge >= 0.3 is 18.0 Å². The van der Waals surface area contributed by atoms with Gasteiger partial charge in [-0.25, -0.2) is 14.8 Å². The molecule has 1 unspecified atom stereocenters. The summed E-state index contributed by atoms with van der Waals surface area (Å²) in [5, 5.41) is 29.9. The van der Waals surface area contributed by atoms with Crippen LogP contribution < -0.4 is 5.32 Å². The Balaban J connectivity index is 1.48. The van der Waals surface area contributed by atoms with Crippen molar-refractivity contribution < 1.29 is 86.3 Å². The number of carbonyl (C=O) groups excluding carboxylic acids is 4. The highest BCUT2D eigenvalue weighted by Crippen LogP contribution is 2.41. The van der Waals surface area contributed by atoms with Gasteiger partial charge in [0.2, 0.25) is 0 Å². The molecule has 4 aliphatic heterocycles. The first kappa shape index (κ1) is 70.1. The van der Waals surface area contributed by atoms with Gasteiger partial charge in [0.05, 0.1) is 54.7 Å². The predicted molar refractivity (Wildman–Crippen MR) is 312 cm³/mol. The molecule has 6 rings (SSSR count). The van der Waals surface area contributed by atoms with Gasteiger partial charge in [0, 0.05) is 88.2 Å². The van der Waals surface area contributed by atoms with Gasteiger partial charge in [-0.1, -0.05) is 53.6 Å². The number of ketones is 1. The SMILES string of the molecule is CON=C1C[C@@H](C)O[C@@H](O[C@@H]2[C@@H](C)[C@H](O[C@H]3CC(C)N(C)C[C@H](C)O3)[C@@H](C)C(=O)O[C@H]([C@@H](C)CO[C@@H]3O[C@H](C)[C@@H](O)[C@@H](OC)[C@H]3OC)[C@H](C)[C@@H](OC(=O)CC(C)C)[C@@H](C)C(=O)[C@@](C)(OC(=O)NCCc3nc(C)c4c(n3)CCCC4)C[C@@H]2C)[C@@H]1O. The van der Waals surface area contributed by atoms with Gasteiger partial charge in [-0.05, 0) is 105 Å². The Kier molecular flexibility index (Phi) is 25.9. The van der Waals surface area contributed by atoms with Crippen molar-refractivity contribution in [3.63, 3.8) is 0 Å². The molecule has 3 N–H and O–H groups in total. The lowest BCUT2D eigenvalue weighted by molar-refractivity contribution is -0.305. The number of aromatic nitrogens is 2. The molecule has 0 saturated carbocycles. The van der Waals surface area contributed by atoms with Crippen molar-refractivity contribution in [2.45, 2.75) is 252 Å². The molecule has 1 amide bonds. The minimum atomic E-state index is -1.98. The van der Waals surface area contributed by atoms with Gasteiger partial charge in [0.1, 0.15) is 49.6 Å². The molecule has 0 aromatic carbocycles. The quantitative estimate of drug-likeness (QED) is 0.0835. The van der Waals surface area contributed by atoms with Gasteiger partial charge < -0.3 is 77.4 Å². The van der Waals surface area contributed by atoms with E-state index in [0.717, 1.165) is 37.1 Å². The third kappa shape index (κ3) is 17.9. The first-order valence-corrected chi connectivity index (χ1v) is 31.0. The van der Waals surface area contributed by atoms with Gasteiger partial charge in [0.15, 0.2) is 30.3 Å². The maximum absolute atomic E-state index is 16.0. The number of cyclic esters (lactones) is 1. The van der Waals surface area contributed by atoms with Gasteiger partial charge in [-0.3, -0.25) is 14.4 Å². The zero-order valence-electron chi connectivity index (χ0n) is 53.9. The maximum atomic E-state index is 16.0. The van der Waals surface area contributed by atoms with Crippen molar-refractivity contribution in [2.75, 3.05) is 48.1 Å². The number of rotatable bonds is 18. The average molecular weight is 1210 g/mol. The van der Waals surface area contributed by atoms with Crippen LogP contribution in [0.15, 0.2) is 5.16 Å². The molecule has 22 atom stereocenters. The summed E-state index contributed by atoms with van der Waals surface area (Å²) < 4.78 is 70.8. The number of ether oxygens (including phenoxy) is 11. The van der Waals surface area contributed by atoms with Crippen LogP contribution in [0.25, 0.3) is 0 Å². The lowest BCUT2D eigenvalue weighted by atomic mass is 9.74. The van der Waals surface area contributed by atoms with E-state index >= 15 is 9.59 Å². The number of methoxy groups -OCH3 is 2. The summed E-state index contributed by atoms with van der Waals surface area (Å²) in [6.07, 6.45) is -9.44. The zero-order valence-corrected chi connectivity index (χ0v) is 53.9. The highest BCUT2D eigenvalue weighted by Gasteiger charge is 2.53. The predicted octanol–water partition coefficient (Wildman–Crippen LogP) is 6.23. The first-order chi connectivity index (χ1) is 40.1. The topological polar surface area (TPSA) is 273 Å². The number of nitrogens with zero attached hydrogens (tertiary/aromatic N) is 4. The molecule has 1 aromatic heterocycles. The lowest BCUT2D eigenvalue weighted by Crippen LogP contribution is -2.59. The number of carbonyl (C=O) groups is 4. The van der Waals surface area contributed by atoms with Crippen LogP contribution in [-0.2, 0) is 90.6 Å². The fraction of sp³-hybridized carbons (Fsp3) is 0.855. The Hall–Kier alpha value is -4.01. The van der Waals surface area contributed by atoms with Crippen molar-refractivity contribution in [1.29, 1.82) is 0 Å². The second kappa shape index (κ2) is 31.4. The van der Waals surface area contributed by atoms with Crippen molar-refractivity contribution in [3.05, 3.63) is 22.8 Å². The number of amides is 1. The lowest BCUT2D eigenvalue weighted by Gasteiger charge is -2.45. The van der Waals surface area contributed by atoms with Gasteiger partial charge in [-0.15, -0.1) is 0 Å². The molecule has 85 heavy (non-hydrogen) atoms. The second-order valence-electron chi connectivity index (χ2n) is 25.7. The van der Waals surface area contributed by atoms with Crippen molar-refractivity contribution in [3.8, 4) is 0 Å². The summed E-state index contributed by atoms with van der Waals surface area (Å²) in [6, 6.07) is 0.00656. The summed E-state index contributed by atoms with van der Waals surface area (Å²) >= 11 is 0. The van der Waals surface area contributed by atoms with Crippen molar-refractivity contribution in [2.24, 2.45) is 46.6 Å². The van der Waals surface area contributed by atoms with Crippen molar-refractivity contribution in [1.82, 2.24) is 20.2 Å². The third-order valence-electron chi connectivity index (χ3n) is 18.0. The average Bonchev–Trinajstić information content (AvgIpc) is 3.37. The van der Waals surface area contributed by atoms with E-state index in [1.807, 2.05) is 62.4 Å². The molecule has 5 aliphatic rings. The number of likely N-dealkylation sites (N-methyl/N-ethyl adjacent to an activating group) is 1. The Morgan fingerprint density at radius 1 is 0.835 bits per heavy atom. The number of oxime groups is 1. The maximum Gasteiger partial charge on any atom is 0.408 e. The highest BCUT2D eigenvalue weighted by molar-refractivity contribution is 5.91. The summed E-state index contributed by atoms with van der Waals surface area (Å²) in [4.78, 5) is 77.0. The third-order valence-corrected chi connectivity index (χ3v) is 18.0. The van der Waals surface area contributed by atoms with E-state index in [2.05, 4.69) is 22.3 Å². The molecule has 4 saturated heterocycles. The standard InChI is InChI=1S/C62H103N5O18/c1-31(2)25-47(68)81-53-38(9)52(33(4)30-77-60-56(75-17)55(74-16)49(69)42(13)80-60)83-58(72)40(11)54(82-48-26-34(5)67(15)29-36(7)78-48)37(8)51(84-59-50(70)45(66-76-18)27-35(6)79-59)32(3)28-62(14,57(71)39(53)10)85-61(73)63-24-23-46-64-41(12)43-21-19-20-22-44(43)65-46/h31-40,42,48-56,59-60,69-70H,19-30H2,1-18H3,(H,63,73)/t32-,33-,34?,35+,36-,37+,38-,39+,40+,42+,48-,49+,50+,51-,52+,53+,54-,55+,56+,59-,60+,62-/m0/s1. The van der Waals surface area contributed by atoms with Gasteiger partial charge in [0.25, 0.3) is 0 Å². The molecule has 0 bridgehead atoms. The number of hydrogen-bond acceptors (Lipinski definition) is 22. The van der Waals surface area contributed by atoms with E-state index in [1.165, 1.54) is 26.9 Å². The van der Waals surface area contributed by atoms with Crippen LogP contribution in [0.4, 0.5) is 4.79 Å². The number of esters is 2. The molecule has 23 nitrogen and oxygen atoms in total. The van der Waals surface area contributed by atoms with Crippen LogP contribution in [0.3, 0.4) is 0 Å². The van der Waals surface area contributed by atoms with Crippen LogP contribution in [0, 0.1) is 48.3 Å². The van der Waals surface area contributed by atoms with Crippen LogP contribution in [0.2, 0.25) is 0 Å². The molecule has 0 radical (unpaired) electrons. The number of aryl methyl sites for hydroxylation is 2. The molecular weight excluding hydrogens is 1100 g/mol. The number of aliphatic hydroxyl groups excluding tert-OH is 2. The van der Waals surface area contributed by atoms with E-state index < -0.39 is 145 Å². The molecular formula is C62H103N5O18. The number of nitrogens with one attached hydrogen (secondary N) is 1. The number of alkyl carbamates (subject to hydrolysis) is 1. The molecule has 484 valence electrons. The molecule has 0 spiro atoms. The monoisotopic (exact) mass is 1210 g/mol. The Labute approximate surface area is 504 Å². The van der Waals surface area contributed by atoms with Crippen LogP contribution in [-0.4, -0.2) is 200 Å². The molecule has 4 fully saturated rings. The van der Waals surface area contributed by atoms with E-state index in [1.54, 1.807) is 34.6 Å². The zero-order chi connectivity index (χ0) is 62.8. The van der Waals surface area contributed by atoms with Crippen LogP contribution in [0.5, 0.6) is 0 Å². The number of fused-ring (bicyclic) bond motifs is 1. The minimum Gasteiger partial charge on any atom is -0.461 e. The summed E-state index contributed by atoms with van der Waals surface area (Å²) in [5.74, 6) is -6.88. The van der Waals surface area contributed by atoms with Crippen LogP contribution in [0.1, 0.15) is 151 Å². The Morgan fingerprint density at radius 3 is 2.20 bits per heavy atom. The normalized spacial score (nSPS) is 38.3. The van der Waals surface area contributed by atoms with Crippen molar-refractivity contribution >= 4 is 29.5 Å². The fourth-order valence-corrected chi connectivity index (χ4v) is 13.2. The second-order valence-corrected chi connectivity index (χ2v) is 25.7. The Morgan fingerprint density at radius 2 is 1.53 bits per heavy atom. The fourth-order valence-electron chi connectivity index (χ4n) is 13.2. The molecule has 23 heteroatoms. The molecule has 1 aromatic rings. The van der Waals surface area contributed by atoms with E-state index in [0.29, 0.717) is 25.2 Å². The highest BCUT2D eigenvalue weighted by atomic mass is 16.7. The number of Topliss-reactive ketones (excluding diaryl/α,β-unsaturated/α-hetero) is 1. The number of aliphatic hydroxyl groups is 2. The van der Waals surface area contributed by atoms with E-state index in [4.69, 9.17) is 66.9 Å². The first-order valence-electron chi connectivity index (χ1n) is 31.0. The summed E-state index contributed by atoms with van der Waals surface area (Å²) in [5.41, 5.74) is 1.43. The summed E-state index contributed by atoms with van der Waals surface area (Å²) in [6.45, 7) is 26.0. The molecule has 5 heterocycles. The van der Waals surface area contributed by atoms with E-state index in [9.17, 15) is 19.8 Å². The van der Waals surface area contributed by atoms with E-state index in [-0.39, 0.29) is 56.2 Å². The smallest absolute Gasteiger partial charge is 0.408 e.